The molecule has 0 saturated carbocycles. The minimum absolute atomic E-state index is 0.0501. The van der Waals surface area contributed by atoms with Crippen LogP contribution < -0.4 is 11.1 Å². The van der Waals surface area contributed by atoms with Gasteiger partial charge < -0.3 is 11.1 Å². The van der Waals surface area contributed by atoms with Crippen LogP contribution in [0.25, 0.3) is 0 Å². The average Bonchev–Trinajstić information content (AvgIpc) is 2.39. The number of thioether (sulfide) groups is 1. The molecule has 1 aromatic carbocycles. The number of carbonyl (C=O) groups excluding carboxylic acids is 1. The number of nitrogens with two attached hydrogens (primary N) is 1. The van der Waals surface area contributed by atoms with Gasteiger partial charge in [-0.25, -0.2) is 4.98 Å². The number of hydrogen-bond donors (Lipinski definition) is 2. The molecule has 0 aliphatic carbocycles. The molecule has 0 unspecified atom stereocenters. The minimum Gasteiger partial charge on any atom is -0.365 e. The molecule has 3 N–H and O–H groups in total. The number of carbonyl (C=O) groups is 1. The molecule has 0 atom stereocenters. The second kappa shape index (κ2) is 5.90. The minimum atomic E-state index is -0.610. The molecule has 98 valence electrons. The molecule has 0 spiro atoms. The van der Waals surface area contributed by atoms with Crippen LogP contribution in [-0.4, -0.2) is 22.1 Å². The molecule has 5 nitrogen and oxygen atoms in total. The Labute approximate surface area is 119 Å². The lowest BCUT2D eigenvalue weighted by Crippen LogP contribution is -2.15. The molecular weight excluding hydrogens is 284 g/mol. The van der Waals surface area contributed by atoms with Crippen LogP contribution in [0.1, 0.15) is 10.4 Å². The first-order chi connectivity index (χ1) is 9.11. The average molecular weight is 295 g/mol. The maximum atomic E-state index is 11.3. The highest BCUT2D eigenvalue weighted by molar-refractivity contribution is 7.98. The molecule has 0 saturated heterocycles. The zero-order valence-electron chi connectivity index (χ0n) is 10.1. The Kier molecular flexibility index (Phi) is 4.24. The third-order valence-corrected chi connectivity index (χ3v) is 3.36. The monoisotopic (exact) mass is 294 g/mol. The van der Waals surface area contributed by atoms with Crippen LogP contribution >= 0.6 is 23.4 Å². The summed E-state index contributed by atoms with van der Waals surface area (Å²) in [5.74, 6) is -0.310. The second-order valence-corrected chi connectivity index (χ2v) is 4.78. The zero-order valence-corrected chi connectivity index (χ0v) is 11.6. The number of aromatic nitrogens is 2. The van der Waals surface area contributed by atoms with Crippen LogP contribution in [0.4, 0.5) is 11.5 Å². The number of amides is 1. The number of rotatable bonds is 4. The summed E-state index contributed by atoms with van der Waals surface area (Å²) >= 11 is 7.32. The molecule has 1 aromatic heterocycles. The number of para-hydroxylation sites is 1. The van der Waals surface area contributed by atoms with Crippen molar-refractivity contribution >= 4 is 40.8 Å². The van der Waals surface area contributed by atoms with E-state index in [1.54, 1.807) is 11.8 Å². The summed E-state index contributed by atoms with van der Waals surface area (Å²) in [4.78, 5) is 20.1. The number of halogens is 1. The van der Waals surface area contributed by atoms with Crippen molar-refractivity contribution in [3.63, 3.8) is 0 Å². The Morgan fingerprint density at radius 1 is 1.42 bits per heavy atom. The number of nitrogens with one attached hydrogen (secondary N) is 1. The van der Waals surface area contributed by atoms with Gasteiger partial charge in [0.05, 0.1) is 5.69 Å². The van der Waals surface area contributed by atoms with E-state index in [1.165, 1.54) is 6.20 Å². The Morgan fingerprint density at radius 2 is 2.16 bits per heavy atom. The van der Waals surface area contributed by atoms with Gasteiger partial charge in [0.2, 0.25) is 5.28 Å². The first-order valence-electron chi connectivity index (χ1n) is 5.34. The molecule has 2 rings (SSSR count). The third kappa shape index (κ3) is 3.15. The van der Waals surface area contributed by atoms with Crippen LogP contribution in [0, 0.1) is 0 Å². The maximum absolute atomic E-state index is 11.3. The van der Waals surface area contributed by atoms with E-state index >= 15 is 0 Å². The van der Waals surface area contributed by atoms with Crippen molar-refractivity contribution in [1.82, 2.24) is 9.97 Å². The molecule has 0 fully saturated rings. The van der Waals surface area contributed by atoms with E-state index in [1.807, 2.05) is 30.5 Å². The van der Waals surface area contributed by atoms with Gasteiger partial charge in [0.1, 0.15) is 11.4 Å². The lowest BCUT2D eigenvalue weighted by Gasteiger charge is -2.11. The normalized spacial score (nSPS) is 10.2. The third-order valence-electron chi connectivity index (χ3n) is 2.38. The molecule has 0 bridgehead atoms. The molecule has 1 heterocycles. The van der Waals surface area contributed by atoms with Crippen molar-refractivity contribution in [2.75, 3.05) is 11.6 Å². The van der Waals surface area contributed by atoms with Gasteiger partial charge in [-0.2, -0.15) is 4.98 Å². The Balaban J connectivity index is 2.42. The van der Waals surface area contributed by atoms with Gasteiger partial charge in [0.15, 0.2) is 0 Å². The summed E-state index contributed by atoms with van der Waals surface area (Å²) in [5.41, 5.74) is 6.30. The van der Waals surface area contributed by atoms with E-state index in [9.17, 15) is 4.79 Å². The molecule has 0 aliphatic rings. The summed E-state index contributed by atoms with van der Waals surface area (Å²) in [6, 6.07) is 7.65. The zero-order chi connectivity index (χ0) is 13.8. The van der Waals surface area contributed by atoms with Gasteiger partial charge in [-0.15, -0.1) is 11.8 Å². The van der Waals surface area contributed by atoms with Crippen molar-refractivity contribution in [1.29, 1.82) is 0 Å². The molecule has 1 amide bonds. The quantitative estimate of drug-likeness (QED) is 0.669. The summed E-state index contributed by atoms with van der Waals surface area (Å²) < 4.78 is 0. The van der Waals surface area contributed by atoms with Gasteiger partial charge in [-0.05, 0) is 30.0 Å². The van der Waals surface area contributed by atoms with Gasteiger partial charge in [-0.1, -0.05) is 12.1 Å². The Hall–Kier alpha value is -1.79. The van der Waals surface area contributed by atoms with Gasteiger partial charge in [0, 0.05) is 11.1 Å². The van der Waals surface area contributed by atoms with Crippen LogP contribution in [-0.2, 0) is 0 Å². The SMILES string of the molecule is CSc1ccccc1Nc1nc(Cl)ncc1C(N)=O. The Morgan fingerprint density at radius 3 is 2.84 bits per heavy atom. The van der Waals surface area contributed by atoms with Crippen LogP contribution in [0.5, 0.6) is 0 Å². The van der Waals surface area contributed by atoms with E-state index in [-0.39, 0.29) is 10.8 Å². The summed E-state index contributed by atoms with van der Waals surface area (Å²) in [7, 11) is 0. The van der Waals surface area contributed by atoms with Crippen molar-refractivity contribution in [3.05, 3.63) is 41.3 Å². The molecule has 19 heavy (non-hydrogen) atoms. The molecule has 7 heteroatoms. The lowest BCUT2D eigenvalue weighted by molar-refractivity contribution is 0.100. The fourth-order valence-corrected chi connectivity index (χ4v) is 2.20. The summed E-state index contributed by atoms with van der Waals surface area (Å²) in [6.07, 6.45) is 3.27. The van der Waals surface area contributed by atoms with Crippen LogP contribution in [0.3, 0.4) is 0 Å². The second-order valence-electron chi connectivity index (χ2n) is 3.59. The van der Waals surface area contributed by atoms with Crippen molar-refractivity contribution in [3.8, 4) is 0 Å². The van der Waals surface area contributed by atoms with Crippen molar-refractivity contribution in [2.24, 2.45) is 5.73 Å². The molecular formula is C12H11ClN4OS. The van der Waals surface area contributed by atoms with Crippen LogP contribution in [0.2, 0.25) is 5.28 Å². The van der Waals surface area contributed by atoms with E-state index in [2.05, 4.69) is 15.3 Å². The smallest absolute Gasteiger partial charge is 0.254 e. The van der Waals surface area contributed by atoms with Gasteiger partial charge in [0.25, 0.3) is 5.91 Å². The van der Waals surface area contributed by atoms with Gasteiger partial charge >= 0.3 is 0 Å². The predicted octanol–water partition coefficient (Wildman–Crippen LogP) is 2.69. The highest BCUT2D eigenvalue weighted by Gasteiger charge is 2.12. The summed E-state index contributed by atoms with van der Waals surface area (Å²) in [6.45, 7) is 0. The molecule has 0 aliphatic heterocycles. The fraction of sp³-hybridized carbons (Fsp3) is 0.0833. The van der Waals surface area contributed by atoms with E-state index in [0.717, 1.165) is 10.6 Å². The van der Waals surface area contributed by atoms with E-state index in [4.69, 9.17) is 17.3 Å². The predicted molar refractivity (Wildman–Crippen MR) is 77.1 cm³/mol. The van der Waals surface area contributed by atoms with Crippen LogP contribution in [0.15, 0.2) is 35.4 Å². The molecule has 2 aromatic rings. The van der Waals surface area contributed by atoms with Crippen molar-refractivity contribution < 1.29 is 4.79 Å². The van der Waals surface area contributed by atoms with E-state index < -0.39 is 5.91 Å². The first-order valence-corrected chi connectivity index (χ1v) is 6.94. The highest BCUT2D eigenvalue weighted by atomic mass is 35.5. The maximum Gasteiger partial charge on any atom is 0.254 e. The number of benzene rings is 1. The van der Waals surface area contributed by atoms with Gasteiger partial charge in [-0.3, -0.25) is 4.79 Å². The number of hydrogen-bond acceptors (Lipinski definition) is 5. The highest BCUT2D eigenvalue weighted by Crippen LogP contribution is 2.28. The standard InChI is InChI=1S/C12H11ClN4OS/c1-19-9-5-3-2-4-8(9)16-11-7(10(14)18)6-15-12(13)17-11/h2-6H,1H3,(H2,14,18)(H,15,16,17). The number of nitrogens with zero attached hydrogens (tertiary/aromatic N) is 2. The molecule has 0 radical (unpaired) electrons. The van der Waals surface area contributed by atoms with Crippen molar-refractivity contribution in [2.45, 2.75) is 4.90 Å². The Bertz CT molecular complexity index is 620. The lowest BCUT2D eigenvalue weighted by atomic mass is 10.2. The van der Waals surface area contributed by atoms with E-state index in [0.29, 0.717) is 5.82 Å². The topological polar surface area (TPSA) is 80.9 Å². The summed E-state index contributed by atoms with van der Waals surface area (Å²) in [5, 5.41) is 3.11. The largest absolute Gasteiger partial charge is 0.365 e. The number of anilines is 2. The number of primary amides is 1. The fourth-order valence-electron chi connectivity index (χ4n) is 1.51. The first kappa shape index (κ1) is 13.6.